The van der Waals surface area contributed by atoms with Gasteiger partial charge in [-0.3, -0.25) is 4.21 Å². The van der Waals surface area contributed by atoms with Crippen molar-refractivity contribution in [3.8, 4) is 5.75 Å². The summed E-state index contributed by atoms with van der Waals surface area (Å²) in [6.45, 7) is 2.31. The zero-order chi connectivity index (χ0) is 30.5. The number of alkyl halides is 5. The Hall–Kier alpha value is -1.48. The molecule has 4 rings (SSSR count). The van der Waals surface area contributed by atoms with Crippen molar-refractivity contribution in [3.05, 3.63) is 41.5 Å². The van der Waals surface area contributed by atoms with Crippen molar-refractivity contribution in [1.29, 1.82) is 0 Å². The summed E-state index contributed by atoms with van der Waals surface area (Å²) >= 11 is 0. The van der Waals surface area contributed by atoms with Crippen LogP contribution in [0.15, 0.2) is 30.4 Å². The van der Waals surface area contributed by atoms with Gasteiger partial charge in [0.2, 0.25) is 0 Å². The maximum Gasteiger partial charge on any atom is 0.453 e. The Balaban J connectivity index is 1.20. The summed E-state index contributed by atoms with van der Waals surface area (Å²) in [7, 11) is 0.352. The second kappa shape index (κ2) is 14.1. The summed E-state index contributed by atoms with van der Waals surface area (Å²) in [4.78, 5) is 0. The van der Waals surface area contributed by atoms with E-state index in [1.54, 1.807) is 7.11 Å². The van der Waals surface area contributed by atoms with Gasteiger partial charge < -0.3 is 9.84 Å². The van der Waals surface area contributed by atoms with Crippen molar-refractivity contribution in [2.75, 3.05) is 18.6 Å². The van der Waals surface area contributed by atoms with Crippen molar-refractivity contribution in [1.82, 2.24) is 0 Å². The van der Waals surface area contributed by atoms with Gasteiger partial charge in [-0.25, -0.2) is 0 Å². The molecule has 1 N–H and O–H groups in total. The maximum atomic E-state index is 13.0. The Morgan fingerprint density at radius 2 is 1.76 bits per heavy atom. The highest BCUT2D eigenvalue weighted by Gasteiger charge is 2.57. The monoisotopic (exact) mass is 618 g/mol. The molecule has 1 aromatic carbocycles. The zero-order valence-electron chi connectivity index (χ0n) is 24.9. The minimum Gasteiger partial charge on any atom is -0.497 e. The van der Waals surface area contributed by atoms with E-state index in [0.717, 1.165) is 70.0 Å². The van der Waals surface area contributed by atoms with Crippen LogP contribution >= 0.6 is 0 Å². The van der Waals surface area contributed by atoms with Gasteiger partial charge in [0.1, 0.15) is 5.75 Å². The second-order valence-corrected chi connectivity index (χ2v) is 14.7. The molecule has 3 nitrogen and oxygen atoms in total. The largest absolute Gasteiger partial charge is 0.497 e. The van der Waals surface area contributed by atoms with E-state index in [0.29, 0.717) is 35.8 Å². The fourth-order valence-electron chi connectivity index (χ4n) is 8.06. The van der Waals surface area contributed by atoms with Crippen LogP contribution in [0.25, 0.3) is 0 Å². The highest BCUT2D eigenvalue weighted by molar-refractivity contribution is 7.84. The quantitative estimate of drug-likeness (QED) is 0.129. The predicted molar refractivity (Wildman–Crippen MR) is 157 cm³/mol. The average molecular weight is 619 g/mol. The van der Waals surface area contributed by atoms with E-state index in [9.17, 15) is 31.3 Å². The fraction of sp³-hybridized carbons (Fsp3) is 0.758. The lowest BCUT2D eigenvalue weighted by Gasteiger charge is -2.53. The average Bonchev–Trinajstić information content (AvgIpc) is 3.24. The molecule has 0 bridgehead atoms. The third-order valence-corrected chi connectivity index (χ3v) is 11.9. The summed E-state index contributed by atoms with van der Waals surface area (Å²) in [5.41, 5.74) is 2.90. The molecule has 3 aliphatic carbocycles. The summed E-state index contributed by atoms with van der Waals surface area (Å²) in [6.07, 6.45) is 7.90. The van der Waals surface area contributed by atoms with E-state index in [2.05, 4.69) is 37.3 Å². The molecule has 9 heteroatoms. The number of allylic oxidation sites excluding steroid dienone is 2. The van der Waals surface area contributed by atoms with Crippen LogP contribution in [-0.4, -0.2) is 46.1 Å². The normalized spacial score (nSPS) is 30.1. The summed E-state index contributed by atoms with van der Waals surface area (Å²) in [5.74, 6) is -1.38. The lowest BCUT2D eigenvalue weighted by atomic mass is 9.52. The molecule has 1 aromatic rings. The Bertz CT molecular complexity index is 1090. The van der Waals surface area contributed by atoms with E-state index in [4.69, 9.17) is 4.74 Å². The number of hydrogen-bond acceptors (Lipinski definition) is 3. The fourth-order valence-corrected chi connectivity index (χ4v) is 9.26. The highest BCUT2D eigenvalue weighted by Crippen LogP contribution is 2.62. The summed E-state index contributed by atoms with van der Waals surface area (Å²) in [5, 5.41) is 10.9. The van der Waals surface area contributed by atoms with Crippen LogP contribution in [0.5, 0.6) is 5.75 Å². The Kier molecular flexibility index (Phi) is 11.2. The van der Waals surface area contributed by atoms with Gasteiger partial charge in [-0.15, -0.1) is 0 Å². The van der Waals surface area contributed by atoms with E-state index in [1.807, 2.05) is 0 Å². The number of rotatable bonds is 14. The first-order valence-corrected chi connectivity index (χ1v) is 17.2. The van der Waals surface area contributed by atoms with Gasteiger partial charge in [0, 0.05) is 28.7 Å². The molecule has 0 amide bonds. The van der Waals surface area contributed by atoms with E-state index >= 15 is 0 Å². The standard InChI is InChI=1S/C33H47F5O3S/c1-31-18-16-27-26-13-12-25(41-2)22-24(26)21-23(30(27)28(31)14-15-29(31)39)11-8-6-4-3-5-7-9-19-42(40)20-10-17-32(34,35)33(36,37)38/h6,8,12-13,22-23,27-30,39H,3-5,7,9-11,14-21H2,1-2H3/t23-,27?,28?,29?,30?,31+,42?/m1/s1. The minimum atomic E-state index is -5.54. The molecule has 0 spiro atoms. The minimum absolute atomic E-state index is 0.0188. The highest BCUT2D eigenvalue weighted by atomic mass is 32.2. The predicted octanol–water partition coefficient (Wildman–Crippen LogP) is 8.76. The van der Waals surface area contributed by atoms with Gasteiger partial charge in [-0.2, -0.15) is 22.0 Å². The first-order valence-electron chi connectivity index (χ1n) is 15.7. The molecule has 0 aromatic heterocycles. The molecule has 42 heavy (non-hydrogen) atoms. The summed E-state index contributed by atoms with van der Waals surface area (Å²) in [6, 6.07) is 6.57. The lowest BCUT2D eigenvalue weighted by molar-refractivity contribution is -0.284. The molecule has 238 valence electrons. The molecule has 5 unspecified atom stereocenters. The molecule has 0 radical (unpaired) electrons. The number of methoxy groups -OCH3 is 1. The van der Waals surface area contributed by atoms with Gasteiger partial charge in [-0.1, -0.05) is 38.0 Å². The Labute approximate surface area is 250 Å². The first-order chi connectivity index (χ1) is 19.9. The van der Waals surface area contributed by atoms with Crippen molar-refractivity contribution in [2.24, 2.45) is 23.2 Å². The number of unbranched alkanes of at least 4 members (excludes halogenated alkanes) is 4. The number of ether oxygens (including phenoxy) is 1. The van der Waals surface area contributed by atoms with Crippen molar-refractivity contribution in [3.63, 3.8) is 0 Å². The number of fused-ring (bicyclic) bond motifs is 5. The summed E-state index contributed by atoms with van der Waals surface area (Å²) < 4.78 is 80.1. The smallest absolute Gasteiger partial charge is 0.453 e. The Morgan fingerprint density at radius 1 is 1.02 bits per heavy atom. The van der Waals surface area contributed by atoms with Crippen molar-refractivity contribution >= 4 is 10.8 Å². The first kappa shape index (κ1) is 33.4. The van der Waals surface area contributed by atoms with Gasteiger partial charge in [0.05, 0.1) is 13.2 Å². The molecular weight excluding hydrogens is 571 g/mol. The van der Waals surface area contributed by atoms with Gasteiger partial charge in [0.15, 0.2) is 0 Å². The third-order valence-electron chi connectivity index (χ3n) is 10.4. The van der Waals surface area contributed by atoms with Crippen LogP contribution in [0.2, 0.25) is 0 Å². The molecule has 2 saturated carbocycles. The van der Waals surface area contributed by atoms with Gasteiger partial charge >= 0.3 is 12.1 Å². The molecule has 0 saturated heterocycles. The molecule has 3 aliphatic rings. The van der Waals surface area contributed by atoms with E-state index in [1.165, 1.54) is 11.1 Å². The molecule has 0 heterocycles. The van der Waals surface area contributed by atoms with E-state index in [-0.39, 0.29) is 17.3 Å². The van der Waals surface area contributed by atoms with Crippen LogP contribution in [-0.2, 0) is 17.2 Å². The molecule has 2 fully saturated rings. The maximum absolute atomic E-state index is 13.0. The van der Waals surface area contributed by atoms with Crippen LogP contribution in [0.3, 0.4) is 0 Å². The number of benzene rings is 1. The van der Waals surface area contributed by atoms with Crippen LogP contribution in [0.4, 0.5) is 22.0 Å². The number of halogens is 5. The van der Waals surface area contributed by atoms with Gasteiger partial charge in [-0.05, 0) is 117 Å². The van der Waals surface area contributed by atoms with Crippen molar-refractivity contribution < 1.29 is 36.0 Å². The van der Waals surface area contributed by atoms with Gasteiger partial charge in [0.25, 0.3) is 0 Å². The third kappa shape index (κ3) is 7.59. The topological polar surface area (TPSA) is 46.5 Å². The Morgan fingerprint density at radius 3 is 2.50 bits per heavy atom. The SMILES string of the molecule is COc1ccc2c(c1)C[C@@H](CC=CCCCCCCS(=O)CCCC(F)(F)C(F)(F)F)C1C2CC[C@]2(C)C(O)CCC12. The van der Waals surface area contributed by atoms with Crippen LogP contribution in [0, 0.1) is 23.2 Å². The molecular formula is C33H47F5O3S. The number of aliphatic hydroxyl groups is 1. The van der Waals surface area contributed by atoms with Crippen molar-refractivity contribution in [2.45, 2.75) is 115 Å². The second-order valence-electron chi connectivity index (χ2n) is 13.0. The van der Waals surface area contributed by atoms with Crippen LogP contribution < -0.4 is 4.74 Å². The zero-order valence-corrected chi connectivity index (χ0v) is 25.8. The number of hydrogen-bond donors (Lipinski definition) is 1. The molecule has 0 aliphatic heterocycles. The van der Waals surface area contributed by atoms with Crippen LogP contribution in [0.1, 0.15) is 101 Å². The number of aliphatic hydroxyl groups excluding tert-OH is 1. The lowest BCUT2D eigenvalue weighted by Crippen LogP contribution is -2.47. The molecule has 7 atom stereocenters. The van der Waals surface area contributed by atoms with E-state index < -0.39 is 35.7 Å².